The highest BCUT2D eigenvalue weighted by atomic mass is 16.5. The maximum absolute atomic E-state index is 8.77. The molecule has 0 aliphatic heterocycles. The van der Waals surface area contributed by atoms with Crippen LogP contribution < -0.4 is 4.74 Å². The lowest BCUT2D eigenvalue weighted by atomic mass is 9.63. The van der Waals surface area contributed by atoms with Crippen molar-refractivity contribution in [2.75, 3.05) is 13.2 Å². The summed E-state index contributed by atoms with van der Waals surface area (Å²) < 4.78 is 5.95. The van der Waals surface area contributed by atoms with Crippen molar-refractivity contribution in [1.82, 2.24) is 0 Å². The van der Waals surface area contributed by atoms with Gasteiger partial charge in [0.05, 0.1) is 6.61 Å². The summed E-state index contributed by atoms with van der Waals surface area (Å²) in [5.41, 5.74) is 3.46. The Labute approximate surface area is 135 Å². The number of rotatable bonds is 7. The first-order valence-electron chi connectivity index (χ1n) is 8.75. The van der Waals surface area contributed by atoms with Gasteiger partial charge < -0.3 is 9.84 Å². The molecule has 0 radical (unpaired) electrons. The molecule has 1 aliphatic rings. The second-order valence-electron chi connectivity index (χ2n) is 7.96. The van der Waals surface area contributed by atoms with Gasteiger partial charge in [-0.2, -0.15) is 0 Å². The van der Waals surface area contributed by atoms with Crippen molar-refractivity contribution in [2.24, 2.45) is 0 Å². The second-order valence-corrected chi connectivity index (χ2v) is 7.96. The number of aliphatic hydroxyl groups is 1. The SMILES string of the molecule is CC1(C)CCC(C)(C)c2cc(OCCCCCCO)ccc21. The largest absolute Gasteiger partial charge is 0.494 e. The average Bonchev–Trinajstić information content (AvgIpc) is 2.48. The van der Waals surface area contributed by atoms with E-state index < -0.39 is 0 Å². The van der Waals surface area contributed by atoms with Crippen LogP contribution >= 0.6 is 0 Å². The minimum atomic E-state index is 0.241. The highest BCUT2D eigenvalue weighted by Gasteiger charge is 2.37. The number of ether oxygens (including phenoxy) is 1. The highest BCUT2D eigenvalue weighted by molar-refractivity contribution is 5.45. The van der Waals surface area contributed by atoms with Crippen LogP contribution in [-0.4, -0.2) is 18.3 Å². The van der Waals surface area contributed by atoms with Gasteiger partial charge in [-0.3, -0.25) is 0 Å². The van der Waals surface area contributed by atoms with E-state index in [4.69, 9.17) is 9.84 Å². The molecule has 2 heteroatoms. The highest BCUT2D eigenvalue weighted by Crippen LogP contribution is 2.46. The first-order valence-corrected chi connectivity index (χ1v) is 8.75. The molecule has 1 aromatic carbocycles. The maximum Gasteiger partial charge on any atom is 0.119 e. The third kappa shape index (κ3) is 4.04. The standard InChI is InChI=1S/C20H32O2/c1-19(2)11-12-20(3,4)18-15-16(9-10-17(18)19)22-14-8-6-5-7-13-21/h9-10,15,21H,5-8,11-14H2,1-4H3. The van der Waals surface area contributed by atoms with Crippen LogP contribution in [-0.2, 0) is 10.8 Å². The summed E-state index contributed by atoms with van der Waals surface area (Å²) in [4.78, 5) is 0. The predicted molar refractivity (Wildman–Crippen MR) is 92.8 cm³/mol. The van der Waals surface area contributed by atoms with Crippen LogP contribution in [0.4, 0.5) is 0 Å². The molecule has 124 valence electrons. The van der Waals surface area contributed by atoms with Crippen molar-refractivity contribution >= 4 is 0 Å². The summed E-state index contributed by atoms with van der Waals surface area (Å²) >= 11 is 0. The molecular weight excluding hydrogens is 272 g/mol. The van der Waals surface area contributed by atoms with Crippen LogP contribution in [0.15, 0.2) is 18.2 Å². The first-order chi connectivity index (χ1) is 10.4. The van der Waals surface area contributed by atoms with Crippen molar-refractivity contribution in [3.63, 3.8) is 0 Å². The zero-order valence-electron chi connectivity index (χ0n) is 14.7. The molecule has 0 unspecified atom stereocenters. The lowest BCUT2D eigenvalue weighted by molar-refractivity contribution is 0.272. The summed E-state index contributed by atoms with van der Waals surface area (Å²) in [6.07, 6.45) is 6.67. The monoisotopic (exact) mass is 304 g/mol. The number of hydrogen-bond acceptors (Lipinski definition) is 2. The molecule has 0 aromatic heterocycles. The van der Waals surface area contributed by atoms with Crippen LogP contribution in [0.1, 0.15) is 77.3 Å². The van der Waals surface area contributed by atoms with Crippen LogP contribution in [0, 0.1) is 0 Å². The fourth-order valence-electron chi connectivity index (χ4n) is 3.42. The summed E-state index contributed by atoms with van der Waals surface area (Å²) in [6, 6.07) is 6.68. The van der Waals surface area contributed by atoms with Gasteiger partial charge in [0.2, 0.25) is 0 Å². The molecule has 0 spiro atoms. The third-order valence-electron chi connectivity index (χ3n) is 5.15. The number of unbranched alkanes of at least 4 members (excludes halogenated alkanes) is 3. The van der Waals surface area contributed by atoms with Gasteiger partial charge in [0.15, 0.2) is 0 Å². The van der Waals surface area contributed by atoms with Crippen molar-refractivity contribution in [3.05, 3.63) is 29.3 Å². The van der Waals surface area contributed by atoms with E-state index in [9.17, 15) is 0 Å². The molecule has 1 aromatic rings. The van der Waals surface area contributed by atoms with Crippen molar-refractivity contribution in [1.29, 1.82) is 0 Å². The normalized spacial score (nSPS) is 18.8. The number of fused-ring (bicyclic) bond motifs is 1. The van der Waals surface area contributed by atoms with E-state index >= 15 is 0 Å². The van der Waals surface area contributed by atoms with Gasteiger partial charge >= 0.3 is 0 Å². The molecule has 1 aliphatic carbocycles. The van der Waals surface area contributed by atoms with Crippen LogP contribution in [0.3, 0.4) is 0 Å². The molecule has 0 saturated heterocycles. The summed E-state index contributed by atoms with van der Waals surface area (Å²) in [5.74, 6) is 1.01. The number of aliphatic hydroxyl groups excluding tert-OH is 1. The minimum absolute atomic E-state index is 0.241. The summed E-state index contributed by atoms with van der Waals surface area (Å²) in [7, 11) is 0. The third-order valence-corrected chi connectivity index (χ3v) is 5.15. The van der Waals surface area contributed by atoms with Crippen molar-refractivity contribution in [3.8, 4) is 5.75 Å². The zero-order valence-corrected chi connectivity index (χ0v) is 14.7. The van der Waals surface area contributed by atoms with E-state index in [-0.39, 0.29) is 10.8 Å². The van der Waals surface area contributed by atoms with Gasteiger partial charge in [0.1, 0.15) is 5.75 Å². The van der Waals surface area contributed by atoms with Gasteiger partial charge in [-0.15, -0.1) is 0 Å². The minimum Gasteiger partial charge on any atom is -0.494 e. The quantitative estimate of drug-likeness (QED) is 0.721. The Morgan fingerprint density at radius 3 is 2.23 bits per heavy atom. The molecule has 0 saturated carbocycles. The Morgan fingerprint density at radius 2 is 1.55 bits per heavy atom. The first kappa shape index (κ1) is 17.3. The summed E-state index contributed by atoms with van der Waals surface area (Å²) in [5, 5.41) is 8.77. The number of benzene rings is 1. The predicted octanol–water partition coefficient (Wildman–Crippen LogP) is 4.97. The fraction of sp³-hybridized carbons (Fsp3) is 0.700. The van der Waals surface area contributed by atoms with E-state index in [1.807, 2.05) is 0 Å². The van der Waals surface area contributed by atoms with Gasteiger partial charge in [-0.05, 0) is 66.2 Å². The van der Waals surface area contributed by atoms with Gasteiger partial charge in [-0.25, -0.2) is 0 Å². The van der Waals surface area contributed by atoms with E-state index in [1.165, 1.54) is 24.0 Å². The molecule has 2 rings (SSSR count). The second kappa shape index (κ2) is 7.04. The van der Waals surface area contributed by atoms with Crippen molar-refractivity contribution in [2.45, 2.75) is 77.0 Å². The Balaban J connectivity index is 2.01. The average molecular weight is 304 g/mol. The molecule has 22 heavy (non-hydrogen) atoms. The topological polar surface area (TPSA) is 29.5 Å². The molecule has 1 N–H and O–H groups in total. The molecule has 0 bridgehead atoms. The van der Waals surface area contributed by atoms with Crippen LogP contribution in [0.25, 0.3) is 0 Å². The fourth-order valence-corrected chi connectivity index (χ4v) is 3.42. The molecule has 2 nitrogen and oxygen atoms in total. The van der Waals surface area contributed by atoms with E-state index in [2.05, 4.69) is 45.9 Å². The zero-order chi connectivity index (χ0) is 16.2. The molecule has 0 heterocycles. The van der Waals surface area contributed by atoms with E-state index in [0.29, 0.717) is 6.61 Å². The Bertz CT molecular complexity index is 488. The van der Waals surface area contributed by atoms with E-state index in [1.54, 1.807) is 0 Å². The maximum atomic E-state index is 8.77. The lowest BCUT2D eigenvalue weighted by Gasteiger charge is -2.41. The van der Waals surface area contributed by atoms with Gasteiger partial charge in [-0.1, -0.05) is 40.2 Å². The Hall–Kier alpha value is -1.02. The smallest absolute Gasteiger partial charge is 0.119 e. The molecule has 0 amide bonds. The molecular formula is C20H32O2. The number of hydrogen-bond donors (Lipinski definition) is 1. The van der Waals surface area contributed by atoms with Gasteiger partial charge in [0.25, 0.3) is 0 Å². The summed E-state index contributed by atoms with van der Waals surface area (Å²) in [6.45, 7) is 10.5. The van der Waals surface area contributed by atoms with E-state index in [0.717, 1.165) is 38.0 Å². The Kier molecular flexibility index (Phi) is 5.55. The Morgan fingerprint density at radius 1 is 0.909 bits per heavy atom. The van der Waals surface area contributed by atoms with Crippen molar-refractivity contribution < 1.29 is 9.84 Å². The molecule has 0 atom stereocenters. The van der Waals surface area contributed by atoms with Crippen LogP contribution in [0.5, 0.6) is 5.75 Å². The van der Waals surface area contributed by atoms with Crippen LogP contribution in [0.2, 0.25) is 0 Å². The lowest BCUT2D eigenvalue weighted by Crippen LogP contribution is -2.33. The van der Waals surface area contributed by atoms with Gasteiger partial charge in [0, 0.05) is 6.61 Å². The molecule has 0 fully saturated rings.